The van der Waals surface area contributed by atoms with Crippen molar-refractivity contribution in [3.05, 3.63) is 34.2 Å². The minimum atomic E-state index is -0.398. The van der Waals surface area contributed by atoms with Gasteiger partial charge in [-0.1, -0.05) is 0 Å². The van der Waals surface area contributed by atoms with Crippen LogP contribution in [0.25, 0.3) is 10.9 Å². The summed E-state index contributed by atoms with van der Waals surface area (Å²) >= 11 is 3.11. The molecule has 0 fully saturated rings. The van der Waals surface area contributed by atoms with Gasteiger partial charge in [-0.15, -0.1) is 0 Å². The van der Waals surface area contributed by atoms with Crippen molar-refractivity contribution in [3.8, 4) is 5.75 Å². The van der Waals surface area contributed by atoms with Crippen LogP contribution in [0.3, 0.4) is 0 Å². The van der Waals surface area contributed by atoms with Gasteiger partial charge in [0.05, 0.1) is 10.7 Å². The lowest BCUT2D eigenvalue weighted by molar-refractivity contribution is 0.473. The zero-order valence-corrected chi connectivity index (χ0v) is 8.97. The molecule has 14 heavy (non-hydrogen) atoms. The van der Waals surface area contributed by atoms with Crippen molar-refractivity contribution < 1.29 is 9.50 Å². The smallest absolute Gasteiger partial charge is 0.163 e. The molecule has 0 atom stereocenters. The van der Waals surface area contributed by atoms with Crippen molar-refractivity contribution in [2.24, 2.45) is 0 Å². The van der Waals surface area contributed by atoms with Gasteiger partial charge >= 0.3 is 0 Å². The summed E-state index contributed by atoms with van der Waals surface area (Å²) in [5.74, 6) is -0.354. The highest BCUT2D eigenvalue weighted by atomic mass is 79.9. The maximum absolute atomic E-state index is 13.5. The lowest BCUT2D eigenvalue weighted by Crippen LogP contribution is -1.88. The van der Waals surface area contributed by atoms with Crippen molar-refractivity contribution in [2.75, 3.05) is 0 Å². The van der Waals surface area contributed by atoms with E-state index in [1.54, 1.807) is 6.07 Å². The number of aromatic nitrogens is 1. The molecule has 2 aromatic rings. The summed E-state index contributed by atoms with van der Waals surface area (Å²) in [7, 11) is 0. The van der Waals surface area contributed by atoms with E-state index in [0.717, 1.165) is 5.56 Å². The molecule has 0 aliphatic rings. The third-order valence-corrected chi connectivity index (χ3v) is 2.64. The summed E-state index contributed by atoms with van der Waals surface area (Å²) in [5, 5.41) is 9.85. The summed E-state index contributed by atoms with van der Waals surface area (Å²) in [5.41, 5.74) is 1.14. The second-order valence-corrected chi connectivity index (χ2v) is 3.93. The molecule has 1 heterocycles. The van der Waals surface area contributed by atoms with Crippen LogP contribution >= 0.6 is 15.9 Å². The first-order valence-corrected chi connectivity index (χ1v) is 4.82. The van der Waals surface area contributed by atoms with Gasteiger partial charge in [-0.2, -0.15) is 0 Å². The first-order valence-electron chi connectivity index (χ1n) is 4.03. The molecule has 1 aromatic carbocycles. The molecular formula is C10H7BrFNO. The molecule has 2 rings (SSSR count). The highest BCUT2D eigenvalue weighted by molar-refractivity contribution is 9.10. The Morgan fingerprint density at radius 1 is 1.43 bits per heavy atom. The molecule has 0 bridgehead atoms. The van der Waals surface area contributed by atoms with Crippen LogP contribution in [0.5, 0.6) is 5.75 Å². The molecule has 1 aromatic heterocycles. The fourth-order valence-corrected chi connectivity index (χ4v) is 1.90. The first-order chi connectivity index (χ1) is 6.59. The van der Waals surface area contributed by atoms with E-state index in [4.69, 9.17) is 0 Å². The van der Waals surface area contributed by atoms with Gasteiger partial charge in [-0.05, 0) is 40.5 Å². The van der Waals surface area contributed by atoms with E-state index >= 15 is 0 Å². The topological polar surface area (TPSA) is 33.1 Å². The molecular weight excluding hydrogens is 249 g/mol. The minimum absolute atomic E-state index is 0.0438. The van der Waals surface area contributed by atoms with E-state index in [2.05, 4.69) is 20.9 Å². The Morgan fingerprint density at radius 2 is 2.14 bits per heavy atom. The molecule has 0 amide bonds. The van der Waals surface area contributed by atoms with E-state index in [1.165, 1.54) is 12.3 Å². The van der Waals surface area contributed by atoms with Crippen molar-refractivity contribution in [1.82, 2.24) is 4.98 Å². The third kappa shape index (κ3) is 1.35. The standard InChI is InChI=1S/C10H7BrFNO/c1-5-2-8(11)9(12)10-7(5)3-6(14)4-13-10/h2-4,14H,1H3. The number of aromatic hydroxyl groups is 1. The average molecular weight is 256 g/mol. The predicted molar refractivity (Wildman–Crippen MR) is 55.8 cm³/mol. The number of hydrogen-bond donors (Lipinski definition) is 1. The van der Waals surface area contributed by atoms with Gasteiger partial charge in [0.25, 0.3) is 0 Å². The Bertz CT molecular complexity index is 513. The van der Waals surface area contributed by atoms with Gasteiger partial charge in [-0.3, -0.25) is 0 Å². The number of nitrogens with zero attached hydrogens (tertiary/aromatic N) is 1. The fraction of sp³-hybridized carbons (Fsp3) is 0.100. The van der Waals surface area contributed by atoms with Crippen molar-refractivity contribution in [2.45, 2.75) is 6.92 Å². The second-order valence-electron chi connectivity index (χ2n) is 3.08. The third-order valence-electron chi connectivity index (χ3n) is 2.06. The van der Waals surface area contributed by atoms with Crippen molar-refractivity contribution >= 4 is 26.8 Å². The van der Waals surface area contributed by atoms with E-state index in [1.807, 2.05) is 6.92 Å². The molecule has 2 nitrogen and oxygen atoms in total. The first kappa shape index (κ1) is 9.40. The predicted octanol–water partition coefficient (Wildman–Crippen LogP) is 3.15. The molecule has 1 N–H and O–H groups in total. The molecule has 0 saturated heterocycles. The van der Waals surface area contributed by atoms with E-state index in [-0.39, 0.29) is 11.3 Å². The van der Waals surface area contributed by atoms with Gasteiger partial charge in [-0.25, -0.2) is 9.37 Å². The largest absolute Gasteiger partial charge is 0.506 e. The van der Waals surface area contributed by atoms with Crippen LogP contribution in [0.2, 0.25) is 0 Å². The van der Waals surface area contributed by atoms with Gasteiger partial charge in [0.15, 0.2) is 5.82 Å². The molecule has 0 unspecified atom stereocenters. The number of rotatable bonds is 0. The van der Waals surface area contributed by atoms with Crippen LogP contribution in [0, 0.1) is 12.7 Å². The van der Waals surface area contributed by atoms with E-state index in [0.29, 0.717) is 9.86 Å². The van der Waals surface area contributed by atoms with Gasteiger partial charge in [0.1, 0.15) is 11.3 Å². The van der Waals surface area contributed by atoms with Gasteiger partial charge in [0.2, 0.25) is 0 Å². The zero-order valence-electron chi connectivity index (χ0n) is 7.38. The van der Waals surface area contributed by atoms with E-state index < -0.39 is 5.82 Å². The molecule has 0 aliphatic carbocycles. The Kier molecular flexibility index (Phi) is 2.15. The number of pyridine rings is 1. The van der Waals surface area contributed by atoms with Crippen LogP contribution < -0.4 is 0 Å². The molecule has 0 aliphatic heterocycles. The van der Waals surface area contributed by atoms with E-state index in [9.17, 15) is 9.50 Å². The highest BCUT2D eigenvalue weighted by Crippen LogP contribution is 2.28. The maximum atomic E-state index is 13.5. The number of halogens is 2. The number of aryl methyl sites for hydroxylation is 1. The minimum Gasteiger partial charge on any atom is -0.506 e. The summed E-state index contributed by atoms with van der Waals surface area (Å²) < 4.78 is 13.9. The Morgan fingerprint density at radius 3 is 2.86 bits per heavy atom. The number of fused-ring (bicyclic) bond motifs is 1. The normalized spacial score (nSPS) is 10.8. The van der Waals surface area contributed by atoms with Crippen LogP contribution in [0.1, 0.15) is 5.56 Å². The Hall–Kier alpha value is -1.16. The van der Waals surface area contributed by atoms with Gasteiger partial charge in [0, 0.05) is 5.39 Å². The fourth-order valence-electron chi connectivity index (χ4n) is 1.37. The zero-order chi connectivity index (χ0) is 10.3. The van der Waals surface area contributed by atoms with Crippen LogP contribution in [0.4, 0.5) is 4.39 Å². The molecule has 0 saturated carbocycles. The van der Waals surface area contributed by atoms with Crippen LogP contribution in [0.15, 0.2) is 22.8 Å². The monoisotopic (exact) mass is 255 g/mol. The van der Waals surface area contributed by atoms with Crippen molar-refractivity contribution in [1.29, 1.82) is 0 Å². The molecule has 0 radical (unpaired) electrons. The molecule has 0 spiro atoms. The Labute approximate surface area is 88.5 Å². The Balaban J connectivity index is 2.94. The summed E-state index contributed by atoms with van der Waals surface area (Å²) in [6.45, 7) is 1.84. The lowest BCUT2D eigenvalue weighted by Gasteiger charge is -2.04. The van der Waals surface area contributed by atoms with Crippen LogP contribution in [-0.2, 0) is 0 Å². The quantitative estimate of drug-likeness (QED) is 0.785. The highest BCUT2D eigenvalue weighted by Gasteiger charge is 2.09. The summed E-state index contributed by atoms with van der Waals surface area (Å²) in [4.78, 5) is 3.85. The second kappa shape index (κ2) is 3.20. The summed E-state index contributed by atoms with van der Waals surface area (Å²) in [6.07, 6.45) is 1.23. The van der Waals surface area contributed by atoms with Crippen molar-refractivity contribution in [3.63, 3.8) is 0 Å². The maximum Gasteiger partial charge on any atom is 0.163 e. The number of hydrogen-bond acceptors (Lipinski definition) is 2. The molecule has 4 heteroatoms. The van der Waals surface area contributed by atoms with Crippen LogP contribution in [-0.4, -0.2) is 10.1 Å². The average Bonchev–Trinajstić information content (AvgIpc) is 2.14. The van der Waals surface area contributed by atoms with Gasteiger partial charge < -0.3 is 5.11 Å². The number of benzene rings is 1. The SMILES string of the molecule is Cc1cc(Br)c(F)c2ncc(O)cc12. The lowest BCUT2D eigenvalue weighted by atomic mass is 10.1. The molecule has 72 valence electrons. The summed E-state index contributed by atoms with van der Waals surface area (Å²) in [6, 6.07) is 3.17.